The number of amides is 1. The van der Waals surface area contributed by atoms with E-state index in [1.54, 1.807) is 0 Å². The van der Waals surface area contributed by atoms with E-state index in [1.807, 2.05) is 0 Å². The summed E-state index contributed by atoms with van der Waals surface area (Å²) in [6, 6.07) is -0.263. The summed E-state index contributed by atoms with van der Waals surface area (Å²) in [4.78, 5) is 22.6. The highest BCUT2D eigenvalue weighted by molar-refractivity contribution is 5.76. The Bertz CT molecular complexity index is 400. The molecule has 0 radical (unpaired) electrons. The Morgan fingerprint density at radius 2 is 2.10 bits per heavy atom. The number of rotatable bonds is 7. The van der Waals surface area contributed by atoms with Gasteiger partial charge in [-0.25, -0.2) is 0 Å². The number of hydrogen-bond acceptors (Lipinski definition) is 3. The molecule has 1 aliphatic rings. The van der Waals surface area contributed by atoms with Crippen LogP contribution in [0.4, 0.5) is 0 Å². The van der Waals surface area contributed by atoms with Gasteiger partial charge in [-0.05, 0) is 19.3 Å². The minimum atomic E-state index is -0.829. The van der Waals surface area contributed by atoms with E-state index in [9.17, 15) is 14.7 Å². The van der Waals surface area contributed by atoms with Gasteiger partial charge < -0.3 is 21.5 Å². The van der Waals surface area contributed by atoms with Crippen molar-refractivity contribution in [3.05, 3.63) is 0 Å². The van der Waals surface area contributed by atoms with Gasteiger partial charge in [0.2, 0.25) is 5.91 Å². The predicted molar refractivity (Wildman–Crippen MR) is 79.8 cm³/mol. The van der Waals surface area contributed by atoms with E-state index in [4.69, 9.17) is 11.1 Å². The van der Waals surface area contributed by atoms with Gasteiger partial charge in [-0.1, -0.05) is 19.8 Å². The van der Waals surface area contributed by atoms with Crippen molar-refractivity contribution in [1.29, 1.82) is 5.41 Å². The number of guanidine groups is 1. The van der Waals surface area contributed by atoms with Crippen molar-refractivity contribution in [1.82, 2.24) is 10.6 Å². The highest BCUT2D eigenvalue weighted by atomic mass is 16.4. The Kier molecular flexibility index (Phi) is 6.45. The maximum absolute atomic E-state index is 11.4. The third kappa shape index (κ3) is 5.24. The third-order valence-corrected chi connectivity index (χ3v) is 4.08. The molecular formula is C14H26N4O3. The van der Waals surface area contributed by atoms with Crippen molar-refractivity contribution in [2.75, 3.05) is 0 Å². The molecule has 7 nitrogen and oxygen atoms in total. The summed E-state index contributed by atoms with van der Waals surface area (Å²) in [5, 5.41) is 22.4. The van der Waals surface area contributed by atoms with E-state index in [2.05, 4.69) is 17.6 Å². The van der Waals surface area contributed by atoms with Gasteiger partial charge in [0, 0.05) is 24.9 Å². The molecule has 0 aliphatic heterocycles. The maximum Gasteiger partial charge on any atom is 0.306 e. The molecule has 0 aromatic carbocycles. The molecule has 21 heavy (non-hydrogen) atoms. The summed E-state index contributed by atoms with van der Waals surface area (Å²) >= 11 is 0. The number of carboxylic acids is 1. The van der Waals surface area contributed by atoms with E-state index >= 15 is 0 Å². The van der Waals surface area contributed by atoms with Crippen molar-refractivity contribution < 1.29 is 14.7 Å². The van der Waals surface area contributed by atoms with Crippen LogP contribution in [0.1, 0.15) is 46.0 Å². The molecule has 1 aliphatic carbocycles. The molecule has 0 saturated heterocycles. The SMILES string of the molecule is CCCCC(NC(C)=O)[C@@H]1CC(C(=O)O)C[C@H]1NC(=N)N. The topological polar surface area (TPSA) is 128 Å². The van der Waals surface area contributed by atoms with Crippen LogP contribution < -0.4 is 16.4 Å². The summed E-state index contributed by atoms with van der Waals surface area (Å²) in [5.74, 6) is -1.58. The lowest BCUT2D eigenvalue weighted by atomic mass is 9.90. The van der Waals surface area contributed by atoms with Crippen LogP contribution in [0.5, 0.6) is 0 Å². The van der Waals surface area contributed by atoms with Crippen LogP contribution in [-0.2, 0) is 9.59 Å². The number of carboxylic acid groups (broad SMARTS) is 1. The Morgan fingerprint density at radius 3 is 2.57 bits per heavy atom. The highest BCUT2D eigenvalue weighted by Crippen LogP contribution is 2.35. The minimum Gasteiger partial charge on any atom is -0.481 e. The zero-order chi connectivity index (χ0) is 16.0. The largest absolute Gasteiger partial charge is 0.481 e. The summed E-state index contributed by atoms with van der Waals surface area (Å²) in [6.45, 7) is 3.54. The molecule has 0 aromatic rings. The fourth-order valence-electron chi connectivity index (χ4n) is 3.16. The molecule has 1 rings (SSSR count). The van der Waals surface area contributed by atoms with Gasteiger partial charge in [-0.15, -0.1) is 0 Å². The molecule has 1 amide bonds. The zero-order valence-corrected chi connectivity index (χ0v) is 12.7. The summed E-state index contributed by atoms with van der Waals surface area (Å²) in [5.41, 5.74) is 5.39. The number of nitrogens with two attached hydrogens (primary N) is 1. The molecule has 120 valence electrons. The van der Waals surface area contributed by atoms with Crippen LogP contribution in [0, 0.1) is 17.2 Å². The van der Waals surface area contributed by atoms with E-state index in [0.29, 0.717) is 12.8 Å². The molecule has 0 bridgehead atoms. The molecular weight excluding hydrogens is 272 g/mol. The van der Waals surface area contributed by atoms with E-state index in [-0.39, 0.29) is 29.9 Å². The zero-order valence-electron chi connectivity index (χ0n) is 12.7. The fourth-order valence-corrected chi connectivity index (χ4v) is 3.16. The maximum atomic E-state index is 11.4. The van der Waals surface area contributed by atoms with Crippen LogP contribution >= 0.6 is 0 Å². The second kappa shape index (κ2) is 7.85. The number of hydrogen-bond donors (Lipinski definition) is 5. The Labute approximate surface area is 125 Å². The molecule has 1 saturated carbocycles. The first kappa shape index (κ1) is 17.3. The number of unbranched alkanes of at least 4 members (excludes halogenated alkanes) is 1. The number of aliphatic carboxylic acids is 1. The highest BCUT2D eigenvalue weighted by Gasteiger charge is 2.42. The average Bonchev–Trinajstić information content (AvgIpc) is 2.77. The molecule has 1 fully saturated rings. The van der Waals surface area contributed by atoms with Gasteiger partial charge in [0.05, 0.1) is 5.92 Å². The minimum absolute atomic E-state index is 0.0227. The fraction of sp³-hybridized carbons (Fsp3) is 0.786. The second-order valence-corrected chi connectivity index (χ2v) is 5.78. The van der Waals surface area contributed by atoms with Crippen molar-refractivity contribution in [2.24, 2.45) is 17.6 Å². The first-order valence-electron chi connectivity index (χ1n) is 7.45. The predicted octanol–water partition coefficient (Wildman–Crippen LogP) is 0.644. The lowest BCUT2D eigenvalue weighted by molar-refractivity contribution is -0.141. The van der Waals surface area contributed by atoms with Crippen molar-refractivity contribution in [2.45, 2.75) is 58.0 Å². The van der Waals surface area contributed by atoms with Crippen LogP contribution in [0.25, 0.3) is 0 Å². The van der Waals surface area contributed by atoms with Crippen LogP contribution in [-0.4, -0.2) is 35.0 Å². The van der Waals surface area contributed by atoms with Crippen LogP contribution in [0.15, 0.2) is 0 Å². The smallest absolute Gasteiger partial charge is 0.306 e. The molecule has 7 heteroatoms. The summed E-state index contributed by atoms with van der Waals surface area (Å²) in [6.07, 6.45) is 3.71. The van der Waals surface area contributed by atoms with Crippen LogP contribution in [0.3, 0.4) is 0 Å². The normalized spacial score (nSPS) is 26.1. The number of carbonyl (C=O) groups is 2. The Morgan fingerprint density at radius 1 is 1.43 bits per heavy atom. The number of nitrogens with one attached hydrogen (secondary N) is 3. The lowest BCUT2D eigenvalue weighted by Gasteiger charge is -2.29. The average molecular weight is 298 g/mol. The van der Waals surface area contributed by atoms with E-state index in [1.165, 1.54) is 6.92 Å². The van der Waals surface area contributed by atoms with Crippen molar-refractivity contribution in [3.63, 3.8) is 0 Å². The van der Waals surface area contributed by atoms with Crippen LogP contribution in [0.2, 0.25) is 0 Å². The molecule has 0 spiro atoms. The van der Waals surface area contributed by atoms with E-state index in [0.717, 1.165) is 19.3 Å². The van der Waals surface area contributed by atoms with Gasteiger partial charge in [0.1, 0.15) is 0 Å². The second-order valence-electron chi connectivity index (χ2n) is 5.78. The summed E-state index contributed by atoms with van der Waals surface area (Å²) < 4.78 is 0. The monoisotopic (exact) mass is 298 g/mol. The first-order chi connectivity index (χ1) is 9.85. The first-order valence-corrected chi connectivity index (χ1v) is 7.45. The quantitative estimate of drug-likeness (QED) is 0.348. The van der Waals surface area contributed by atoms with Gasteiger partial charge in [-0.2, -0.15) is 0 Å². The van der Waals surface area contributed by atoms with Gasteiger partial charge >= 0.3 is 5.97 Å². The standard InChI is InChI=1S/C14H26N4O3/c1-3-4-5-11(17-8(2)19)10-6-9(13(20)21)7-12(10)18-14(15)16/h9-12H,3-7H2,1-2H3,(H,17,19)(H,20,21)(H4,15,16,18)/t9?,10-,11?,12+/m0/s1. The molecule has 4 atom stereocenters. The molecule has 0 heterocycles. The number of carbonyl (C=O) groups excluding carboxylic acids is 1. The van der Waals surface area contributed by atoms with Crippen molar-refractivity contribution in [3.8, 4) is 0 Å². The third-order valence-electron chi connectivity index (χ3n) is 4.08. The molecule has 0 aromatic heterocycles. The lowest BCUT2D eigenvalue weighted by Crippen LogP contribution is -2.49. The van der Waals surface area contributed by atoms with Gasteiger partial charge in [0.25, 0.3) is 0 Å². The molecule has 2 unspecified atom stereocenters. The molecule has 6 N–H and O–H groups in total. The Balaban J connectivity index is 2.85. The summed E-state index contributed by atoms with van der Waals surface area (Å²) in [7, 11) is 0. The van der Waals surface area contributed by atoms with Gasteiger partial charge in [-0.3, -0.25) is 15.0 Å². The van der Waals surface area contributed by atoms with E-state index < -0.39 is 11.9 Å². The van der Waals surface area contributed by atoms with Gasteiger partial charge in [0.15, 0.2) is 5.96 Å². The Hall–Kier alpha value is -1.79. The van der Waals surface area contributed by atoms with Crippen molar-refractivity contribution >= 4 is 17.8 Å².